The molecule has 0 saturated heterocycles. The maximum Gasteiger partial charge on any atom is 0.225 e. The maximum absolute atomic E-state index is 11.3. The number of amides is 1. The Labute approximate surface area is 107 Å². The molecule has 0 heterocycles. The molecule has 0 radical (unpaired) electrons. The van der Waals surface area contributed by atoms with Gasteiger partial charge in [0.15, 0.2) is 0 Å². The SMILES string of the molecule is CC(C)CCSSCCNC(=O)[C@H](C)CO. The lowest BCUT2D eigenvalue weighted by molar-refractivity contribution is -0.125. The molecule has 96 valence electrons. The fourth-order valence-electron chi connectivity index (χ4n) is 0.875. The largest absolute Gasteiger partial charge is 0.396 e. The molecule has 0 aromatic heterocycles. The molecular weight excluding hydrogens is 242 g/mol. The lowest BCUT2D eigenvalue weighted by atomic mass is 10.2. The van der Waals surface area contributed by atoms with Gasteiger partial charge in [-0.1, -0.05) is 42.4 Å². The van der Waals surface area contributed by atoms with Crippen molar-refractivity contribution in [1.82, 2.24) is 5.32 Å². The van der Waals surface area contributed by atoms with Crippen molar-refractivity contribution < 1.29 is 9.90 Å². The van der Waals surface area contributed by atoms with Gasteiger partial charge in [0.05, 0.1) is 12.5 Å². The van der Waals surface area contributed by atoms with Crippen molar-refractivity contribution in [2.24, 2.45) is 11.8 Å². The maximum atomic E-state index is 11.3. The molecule has 5 heteroatoms. The number of hydrogen-bond acceptors (Lipinski definition) is 4. The highest BCUT2D eigenvalue weighted by molar-refractivity contribution is 8.76. The Morgan fingerprint density at radius 1 is 1.25 bits per heavy atom. The monoisotopic (exact) mass is 265 g/mol. The zero-order chi connectivity index (χ0) is 12.4. The first-order chi connectivity index (χ1) is 7.57. The molecule has 0 rings (SSSR count). The van der Waals surface area contributed by atoms with Crippen molar-refractivity contribution in [3.05, 3.63) is 0 Å². The summed E-state index contributed by atoms with van der Waals surface area (Å²) in [5, 5.41) is 11.6. The third kappa shape index (κ3) is 9.36. The summed E-state index contributed by atoms with van der Waals surface area (Å²) in [6.45, 7) is 6.77. The fraction of sp³-hybridized carbons (Fsp3) is 0.909. The van der Waals surface area contributed by atoms with Gasteiger partial charge in [0.1, 0.15) is 0 Å². The Bertz CT molecular complexity index is 189. The van der Waals surface area contributed by atoms with Crippen LogP contribution in [0.4, 0.5) is 0 Å². The zero-order valence-corrected chi connectivity index (χ0v) is 12.0. The van der Waals surface area contributed by atoms with Crippen molar-refractivity contribution >= 4 is 27.5 Å². The highest BCUT2D eigenvalue weighted by Crippen LogP contribution is 2.22. The summed E-state index contributed by atoms with van der Waals surface area (Å²) in [6, 6.07) is 0. The molecule has 1 atom stereocenters. The van der Waals surface area contributed by atoms with E-state index in [2.05, 4.69) is 19.2 Å². The molecule has 0 aromatic rings. The van der Waals surface area contributed by atoms with Crippen LogP contribution in [-0.2, 0) is 4.79 Å². The lowest BCUT2D eigenvalue weighted by Crippen LogP contribution is -2.32. The van der Waals surface area contributed by atoms with Crippen molar-refractivity contribution in [3.63, 3.8) is 0 Å². The summed E-state index contributed by atoms with van der Waals surface area (Å²) in [4.78, 5) is 11.3. The van der Waals surface area contributed by atoms with Gasteiger partial charge in [-0.3, -0.25) is 4.79 Å². The summed E-state index contributed by atoms with van der Waals surface area (Å²) in [5.41, 5.74) is 0. The van der Waals surface area contributed by atoms with Crippen molar-refractivity contribution in [2.75, 3.05) is 24.7 Å². The molecule has 0 saturated carbocycles. The van der Waals surface area contributed by atoms with E-state index in [1.54, 1.807) is 17.7 Å². The Morgan fingerprint density at radius 2 is 1.88 bits per heavy atom. The fourth-order valence-corrected chi connectivity index (χ4v) is 3.11. The predicted octanol–water partition coefficient (Wildman–Crippen LogP) is 2.16. The third-order valence-corrected chi connectivity index (χ3v) is 4.51. The minimum atomic E-state index is -0.293. The van der Waals surface area contributed by atoms with E-state index in [9.17, 15) is 4.79 Å². The number of carbonyl (C=O) groups excluding carboxylic acids is 1. The predicted molar refractivity (Wildman–Crippen MR) is 73.6 cm³/mol. The summed E-state index contributed by atoms with van der Waals surface area (Å²) < 4.78 is 0. The van der Waals surface area contributed by atoms with Gasteiger partial charge in [-0.2, -0.15) is 0 Å². The number of rotatable bonds is 9. The summed E-state index contributed by atoms with van der Waals surface area (Å²) in [5.74, 6) is 2.50. The molecule has 0 spiro atoms. The molecule has 0 unspecified atom stereocenters. The van der Waals surface area contributed by atoms with E-state index < -0.39 is 0 Å². The second-order valence-electron chi connectivity index (χ2n) is 4.20. The van der Waals surface area contributed by atoms with Gasteiger partial charge in [-0.25, -0.2) is 0 Å². The number of carbonyl (C=O) groups is 1. The van der Waals surface area contributed by atoms with E-state index in [4.69, 9.17) is 5.11 Å². The molecule has 0 bridgehead atoms. The first kappa shape index (κ1) is 16.1. The Balaban J connectivity index is 3.24. The highest BCUT2D eigenvalue weighted by Gasteiger charge is 2.09. The van der Waals surface area contributed by atoms with E-state index in [-0.39, 0.29) is 18.4 Å². The van der Waals surface area contributed by atoms with Gasteiger partial charge in [-0.15, -0.1) is 0 Å². The van der Waals surface area contributed by atoms with Crippen LogP contribution in [0.3, 0.4) is 0 Å². The summed E-state index contributed by atoms with van der Waals surface area (Å²) in [6.07, 6.45) is 1.24. The normalized spacial score (nSPS) is 12.8. The molecule has 3 nitrogen and oxygen atoms in total. The van der Waals surface area contributed by atoms with Crippen molar-refractivity contribution in [3.8, 4) is 0 Å². The van der Waals surface area contributed by atoms with Gasteiger partial charge in [0, 0.05) is 18.1 Å². The third-order valence-electron chi connectivity index (χ3n) is 2.07. The second-order valence-corrected chi connectivity index (χ2v) is 6.90. The first-order valence-corrected chi connectivity index (χ1v) is 8.19. The molecule has 0 aromatic carbocycles. The number of nitrogens with one attached hydrogen (secondary N) is 1. The van der Waals surface area contributed by atoms with Gasteiger partial charge in [0.25, 0.3) is 0 Å². The van der Waals surface area contributed by atoms with E-state index in [0.29, 0.717) is 6.54 Å². The highest BCUT2D eigenvalue weighted by atomic mass is 33.1. The van der Waals surface area contributed by atoms with Crippen molar-refractivity contribution in [1.29, 1.82) is 0 Å². The Morgan fingerprint density at radius 3 is 2.44 bits per heavy atom. The van der Waals surface area contributed by atoms with Gasteiger partial charge in [-0.05, 0) is 12.3 Å². The number of aliphatic hydroxyl groups is 1. The van der Waals surface area contributed by atoms with E-state index in [1.165, 1.54) is 12.2 Å². The average molecular weight is 265 g/mol. The molecule has 0 aliphatic carbocycles. The molecule has 1 amide bonds. The molecule has 16 heavy (non-hydrogen) atoms. The van der Waals surface area contributed by atoms with Crippen LogP contribution >= 0.6 is 21.6 Å². The second kappa shape index (κ2) is 10.3. The van der Waals surface area contributed by atoms with E-state index in [1.807, 2.05) is 10.8 Å². The number of hydrogen-bond donors (Lipinski definition) is 2. The smallest absolute Gasteiger partial charge is 0.225 e. The summed E-state index contributed by atoms with van der Waals surface area (Å²) in [7, 11) is 3.66. The minimum Gasteiger partial charge on any atom is -0.396 e. The van der Waals surface area contributed by atoms with E-state index in [0.717, 1.165) is 11.7 Å². The van der Waals surface area contributed by atoms with Crippen LogP contribution in [0.25, 0.3) is 0 Å². The standard InChI is InChI=1S/C11H23NO2S2/c1-9(2)4-6-15-16-7-5-12-11(14)10(3)8-13/h9-10,13H,4-8H2,1-3H3,(H,12,14)/t10-/m1/s1. The van der Waals surface area contributed by atoms with Crippen LogP contribution in [0.5, 0.6) is 0 Å². The molecule has 0 aliphatic rings. The minimum absolute atomic E-state index is 0.0599. The zero-order valence-electron chi connectivity index (χ0n) is 10.4. The van der Waals surface area contributed by atoms with Crippen LogP contribution in [0.1, 0.15) is 27.2 Å². The number of aliphatic hydroxyl groups excluding tert-OH is 1. The van der Waals surface area contributed by atoms with Gasteiger partial charge >= 0.3 is 0 Å². The van der Waals surface area contributed by atoms with Crippen LogP contribution < -0.4 is 5.32 Å². The first-order valence-electron chi connectivity index (χ1n) is 5.71. The Kier molecular flexibility index (Phi) is 10.4. The topological polar surface area (TPSA) is 49.3 Å². The van der Waals surface area contributed by atoms with Crippen LogP contribution in [0, 0.1) is 11.8 Å². The lowest BCUT2D eigenvalue weighted by Gasteiger charge is -2.09. The van der Waals surface area contributed by atoms with Crippen LogP contribution in [0.2, 0.25) is 0 Å². The molecular formula is C11H23NO2S2. The Hall–Kier alpha value is 0.130. The molecule has 2 N–H and O–H groups in total. The molecule has 0 aliphatic heterocycles. The quantitative estimate of drug-likeness (QED) is 0.495. The van der Waals surface area contributed by atoms with E-state index >= 15 is 0 Å². The average Bonchev–Trinajstić information content (AvgIpc) is 2.25. The van der Waals surface area contributed by atoms with Crippen LogP contribution in [0.15, 0.2) is 0 Å². The van der Waals surface area contributed by atoms with Crippen LogP contribution in [-0.4, -0.2) is 35.7 Å². The molecule has 0 fully saturated rings. The van der Waals surface area contributed by atoms with Gasteiger partial charge in [0.2, 0.25) is 5.91 Å². The van der Waals surface area contributed by atoms with Gasteiger partial charge < -0.3 is 10.4 Å². The summed E-state index contributed by atoms with van der Waals surface area (Å²) >= 11 is 0. The van der Waals surface area contributed by atoms with Crippen molar-refractivity contribution in [2.45, 2.75) is 27.2 Å².